The van der Waals surface area contributed by atoms with Gasteiger partial charge in [-0.1, -0.05) is 12.1 Å². The molecule has 0 saturated carbocycles. The van der Waals surface area contributed by atoms with E-state index in [4.69, 9.17) is 4.74 Å². The zero-order valence-electron chi connectivity index (χ0n) is 14.2. The fraction of sp³-hybridized carbons (Fsp3) is 0.278. The van der Waals surface area contributed by atoms with Crippen LogP contribution in [0.2, 0.25) is 0 Å². The minimum Gasteiger partial charge on any atom is -0.494 e. The number of benzene rings is 2. The summed E-state index contributed by atoms with van der Waals surface area (Å²) in [5.41, 5.74) is 0.658. The molecule has 1 aliphatic rings. The number of carbonyl (C=O) groups excluding carboxylic acids is 1. The molecule has 1 fully saturated rings. The average molecular weight is 378 g/mol. The van der Waals surface area contributed by atoms with Gasteiger partial charge in [0, 0.05) is 24.7 Å². The van der Waals surface area contributed by atoms with E-state index in [1.54, 1.807) is 24.3 Å². The predicted octanol–water partition coefficient (Wildman–Crippen LogP) is 2.31. The lowest BCUT2D eigenvalue weighted by molar-refractivity contribution is -0.117. The fourth-order valence-corrected chi connectivity index (χ4v) is 4.18. The average Bonchev–Trinajstić information content (AvgIpc) is 2.95. The molecule has 1 aliphatic heterocycles. The van der Waals surface area contributed by atoms with Crippen molar-refractivity contribution in [2.24, 2.45) is 0 Å². The second-order valence-electron chi connectivity index (χ2n) is 5.88. The van der Waals surface area contributed by atoms with E-state index in [0.29, 0.717) is 18.0 Å². The van der Waals surface area contributed by atoms with Gasteiger partial charge >= 0.3 is 0 Å². The summed E-state index contributed by atoms with van der Waals surface area (Å²) in [6.07, 6.45) is 0.0148. The van der Waals surface area contributed by atoms with Crippen molar-refractivity contribution in [3.05, 3.63) is 54.3 Å². The molecule has 3 rings (SSSR count). The van der Waals surface area contributed by atoms with E-state index in [9.17, 15) is 17.6 Å². The first-order valence-corrected chi connectivity index (χ1v) is 9.69. The molecule has 0 bridgehead atoms. The number of ether oxygens (including phenoxy) is 1. The van der Waals surface area contributed by atoms with Crippen LogP contribution in [-0.2, 0) is 14.8 Å². The van der Waals surface area contributed by atoms with E-state index in [2.05, 4.69) is 4.72 Å². The van der Waals surface area contributed by atoms with Gasteiger partial charge in [0.25, 0.3) is 0 Å². The topological polar surface area (TPSA) is 75.7 Å². The molecule has 0 radical (unpaired) electrons. The van der Waals surface area contributed by atoms with Gasteiger partial charge in [-0.3, -0.25) is 4.79 Å². The maximum Gasteiger partial charge on any atom is 0.243 e. The van der Waals surface area contributed by atoms with Crippen molar-refractivity contribution in [3.63, 3.8) is 0 Å². The van der Waals surface area contributed by atoms with E-state index in [0.717, 1.165) is 6.07 Å². The van der Waals surface area contributed by atoms with Crippen LogP contribution in [0.3, 0.4) is 0 Å². The number of rotatable bonds is 6. The quantitative estimate of drug-likeness (QED) is 0.837. The lowest BCUT2D eigenvalue weighted by Crippen LogP contribution is -2.37. The number of nitrogens with zero attached hydrogens (tertiary/aromatic N) is 1. The number of nitrogens with one attached hydrogen (secondary N) is 1. The Morgan fingerprint density at radius 3 is 2.54 bits per heavy atom. The van der Waals surface area contributed by atoms with Gasteiger partial charge in [-0.2, -0.15) is 0 Å². The monoisotopic (exact) mass is 378 g/mol. The Hall–Kier alpha value is -2.45. The number of hydrogen-bond donors (Lipinski definition) is 1. The van der Waals surface area contributed by atoms with Crippen LogP contribution in [0.4, 0.5) is 10.1 Å². The van der Waals surface area contributed by atoms with Crippen molar-refractivity contribution in [2.45, 2.75) is 24.3 Å². The molecule has 138 valence electrons. The Labute approximate surface area is 151 Å². The summed E-state index contributed by atoms with van der Waals surface area (Å²) >= 11 is 0. The number of amides is 1. The fourth-order valence-electron chi connectivity index (χ4n) is 2.87. The highest BCUT2D eigenvalue weighted by Crippen LogP contribution is 2.25. The molecular weight excluding hydrogens is 359 g/mol. The lowest BCUT2D eigenvalue weighted by Gasteiger charge is -2.18. The summed E-state index contributed by atoms with van der Waals surface area (Å²) in [7, 11) is -4.04. The molecule has 8 heteroatoms. The zero-order valence-corrected chi connectivity index (χ0v) is 15.0. The smallest absolute Gasteiger partial charge is 0.243 e. The summed E-state index contributed by atoms with van der Waals surface area (Å²) in [5.74, 6) is -0.331. The second-order valence-corrected chi connectivity index (χ2v) is 7.57. The van der Waals surface area contributed by atoms with Crippen LogP contribution in [-0.4, -0.2) is 33.5 Å². The highest BCUT2D eigenvalue weighted by Gasteiger charge is 2.34. The Morgan fingerprint density at radius 1 is 1.19 bits per heavy atom. The molecule has 6 nitrogen and oxygen atoms in total. The molecule has 2 aromatic rings. The van der Waals surface area contributed by atoms with Gasteiger partial charge < -0.3 is 9.64 Å². The molecule has 1 heterocycles. The molecule has 1 N–H and O–H groups in total. The van der Waals surface area contributed by atoms with Crippen LogP contribution < -0.4 is 14.4 Å². The van der Waals surface area contributed by atoms with E-state index < -0.39 is 26.8 Å². The normalized spacial score (nSPS) is 17.5. The summed E-state index contributed by atoms with van der Waals surface area (Å²) in [6.45, 7) is 2.60. The van der Waals surface area contributed by atoms with Gasteiger partial charge in [0.05, 0.1) is 6.61 Å². The molecule has 0 aromatic heterocycles. The van der Waals surface area contributed by atoms with Gasteiger partial charge in [-0.05, 0) is 43.3 Å². The molecule has 1 atom stereocenters. The largest absolute Gasteiger partial charge is 0.494 e. The van der Waals surface area contributed by atoms with Crippen molar-refractivity contribution in [1.82, 2.24) is 4.72 Å². The SMILES string of the molecule is CCOc1ccc(N2CC(NS(=O)(=O)c3ccccc3F)CC2=O)cc1. The lowest BCUT2D eigenvalue weighted by atomic mass is 10.3. The Kier molecular flexibility index (Phi) is 5.24. The molecular formula is C18H19FN2O4S. The summed E-state index contributed by atoms with van der Waals surface area (Å²) < 4.78 is 46.3. The van der Waals surface area contributed by atoms with Crippen molar-refractivity contribution in [3.8, 4) is 5.75 Å². The molecule has 1 unspecified atom stereocenters. The number of hydrogen-bond acceptors (Lipinski definition) is 4. The van der Waals surface area contributed by atoms with E-state index >= 15 is 0 Å². The zero-order chi connectivity index (χ0) is 18.7. The van der Waals surface area contributed by atoms with E-state index in [1.807, 2.05) is 6.92 Å². The molecule has 26 heavy (non-hydrogen) atoms. The second kappa shape index (κ2) is 7.43. The maximum absolute atomic E-state index is 13.8. The number of sulfonamides is 1. The first-order chi connectivity index (χ1) is 12.4. The summed E-state index contributed by atoms with van der Waals surface area (Å²) in [6, 6.07) is 11.5. The third kappa shape index (κ3) is 3.86. The van der Waals surface area contributed by atoms with Crippen LogP contribution in [0.1, 0.15) is 13.3 Å². The van der Waals surface area contributed by atoms with Crippen molar-refractivity contribution in [2.75, 3.05) is 18.1 Å². The van der Waals surface area contributed by atoms with E-state index in [1.165, 1.54) is 23.1 Å². The number of halogens is 1. The van der Waals surface area contributed by atoms with Crippen LogP contribution in [0, 0.1) is 5.82 Å². The Balaban J connectivity index is 1.72. The van der Waals surface area contributed by atoms with E-state index in [-0.39, 0.29) is 18.9 Å². The van der Waals surface area contributed by atoms with Crippen molar-refractivity contribution >= 4 is 21.6 Å². The standard InChI is InChI=1S/C18H19FN2O4S/c1-2-25-15-9-7-14(8-10-15)21-12-13(11-18(21)22)20-26(23,24)17-6-4-3-5-16(17)19/h3-10,13,20H,2,11-12H2,1H3. The first kappa shape index (κ1) is 18.3. The van der Waals surface area contributed by atoms with Gasteiger partial charge in [0.2, 0.25) is 15.9 Å². The van der Waals surface area contributed by atoms with Crippen LogP contribution >= 0.6 is 0 Å². The van der Waals surface area contributed by atoms with Crippen LogP contribution in [0.15, 0.2) is 53.4 Å². The van der Waals surface area contributed by atoms with Gasteiger partial charge in [0.1, 0.15) is 16.5 Å². The van der Waals surface area contributed by atoms with Crippen molar-refractivity contribution < 1.29 is 22.3 Å². The Morgan fingerprint density at radius 2 is 1.88 bits per heavy atom. The summed E-state index contributed by atoms with van der Waals surface area (Å²) in [4.78, 5) is 13.4. The predicted molar refractivity (Wildman–Crippen MR) is 95.1 cm³/mol. The Bertz CT molecular complexity index is 900. The minimum absolute atomic E-state index is 0.0148. The molecule has 0 spiro atoms. The van der Waals surface area contributed by atoms with Gasteiger partial charge in [0.15, 0.2) is 0 Å². The molecule has 0 aliphatic carbocycles. The van der Waals surface area contributed by atoms with Crippen LogP contribution in [0.25, 0.3) is 0 Å². The van der Waals surface area contributed by atoms with Crippen LogP contribution in [0.5, 0.6) is 5.75 Å². The minimum atomic E-state index is -4.04. The molecule has 2 aromatic carbocycles. The summed E-state index contributed by atoms with van der Waals surface area (Å²) in [5, 5.41) is 0. The molecule has 1 amide bonds. The number of carbonyl (C=O) groups is 1. The highest BCUT2D eigenvalue weighted by molar-refractivity contribution is 7.89. The van der Waals surface area contributed by atoms with Gasteiger partial charge in [-0.25, -0.2) is 17.5 Å². The third-order valence-corrected chi connectivity index (χ3v) is 5.59. The first-order valence-electron chi connectivity index (χ1n) is 8.21. The highest BCUT2D eigenvalue weighted by atomic mass is 32.2. The maximum atomic E-state index is 13.8. The van der Waals surface area contributed by atoms with Crippen molar-refractivity contribution in [1.29, 1.82) is 0 Å². The number of anilines is 1. The van der Waals surface area contributed by atoms with Gasteiger partial charge in [-0.15, -0.1) is 0 Å². The molecule has 1 saturated heterocycles. The third-order valence-electron chi connectivity index (χ3n) is 4.03.